The summed E-state index contributed by atoms with van der Waals surface area (Å²) < 4.78 is 26.9. The normalized spacial score (nSPS) is 10.4. The van der Waals surface area contributed by atoms with Crippen LogP contribution < -0.4 is 4.90 Å². The van der Waals surface area contributed by atoms with Crippen molar-refractivity contribution in [3.8, 4) is 0 Å². The van der Waals surface area contributed by atoms with Gasteiger partial charge >= 0.3 is 0 Å². The number of nitrogens with zero attached hydrogens (tertiary/aromatic N) is 1. The lowest BCUT2D eigenvalue weighted by Crippen LogP contribution is -2.14. The van der Waals surface area contributed by atoms with Crippen molar-refractivity contribution >= 4 is 17.2 Å². The summed E-state index contributed by atoms with van der Waals surface area (Å²) >= 11 is 0. The Morgan fingerprint density at radius 2 is 1.85 bits per heavy atom. The van der Waals surface area contributed by atoms with Gasteiger partial charge in [-0.25, -0.2) is 8.78 Å². The van der Waals surface area contributed by atoms with Crippen LogP contribution in [-0.4, -0.2) is 12.8 Å². The van der Waals surface area contributed by atoms with E-state index in [9.17, 15) is 13.6 Å². The molecule has 0 unspecified atom stereocenters. The molecule has 2 rings (SSSR count). The first-order valence-electron chi connectivity index (χ1n) is 6.20. The minimum Gasteiger partial charge on any atom is -0.344 e. The largest absolute Gasteiger partial charge is 0.344 e. The molecule has 0 radical (unpaired) electrons. The number of benzene rings is 2. The topological polar surface area (TPSA) is 20.3 Å². The summed E-state index contributed by atoms with van der Waals surface area (Å²) in [4.78, 5) is 13.3. The molecule has 0 N–H and O–H groups in total. The van der Waals surface area contributed by atoms with E-state index in [1.165, 1.54) is 25.1 Å². The molecule has 0 saturated heterocycles. The SMILES string of the molecule is CC(=O)c1cc(F)c(C)cc1N(C)c1cccc(F)c1. The third-order valence-electron chi connectivity index (χ3n) is 3.21. The van der Waals surface area contributed by atoms with Crippen LogP contribution in [0.25, 0.3) is 0 Å². The van der Waals surface area contributed by atoms with Gasteiger partial charge in [-0.3, -0.25) is 4.79 Å². The van der Waals surface area contributed by atoms with Crippen molar-refractivity contribution in [3.63, 3.8) is 0 Å². The van der Waals surface area contributed by atoms with Crippen molar-refractivity contribution in [1.29, 1.82) is 0 Å². The lowest BCUT2D eigenvalue weighted by molar-refractivity contribution is 0.101. The van der Waals surface area contributed by atoms with E-state index in [0.717, 1.165) is 0 Å². The Morgan fingerprint density at radius 3 is 2.45 bits per heavy atom. The van der Waals surface area contributed by atoms with Gasteiger partial charge in [-0.15, -0.1) is 0 Å². The quantitative estimate of drug-likeness (QED) is 0.781. The first-order chi connectivity index (χ1) is 9.40. The summed E-state index contributed by atoms with van der Waals surface area (Å²) in [6, 6.07) is 8.85. The lowest BCUT2D eigenvalue weighted by atomic mass is 10.0. The van der Waals surface area contributed by atoms with Crippen LogP contribution in [-0.2, 0) is 0 Å². The predicted molar refractivity (Wildman–Crippen MR) is 75.6 cm³/mol. The number of anilines is 2. The Kier molecular flexibility index (Phi) is 3.84. The Labute approximate surface area is 116 Å². The van der Waals surface area contributed by atoms with Gasteiger partial charge in [0.25, 0.3) is 0 Å². The fraction of sp³-hybridized carbons (Fsp3) is 0.188. The van der Waals surface area contributed by atoms with Crippen molar-refractivity contribution in [2.75, 3.05) is 11.9 Å². The van der Waals surface area contributed by atoms with E-state index in [2.05, 4.69) is 0 Å². The second kappa shape index (κ2) is 5.41. The van der Waals surface area contributed by atoms with Crippen molar-refractivity contribution in [1.82, 2.24) is 0 Å². The smallest absolute Gasteiger partial charge is 0.162 e. The molecule has 2 aromatic rings. The number of ketones is 1. The van der Waals surface area contributed by atoms with Crippen molar-refractivity contribution in [3.05, 3.63) is 59.2 Å². The van der Waals surface area contributed by atoms with Gasteiger partial charge in [0, 0.05) is 18.3 Å². The van der Waals surface area contributed by atoms with Gasteiger partial charge in [-0.05, 0) is 49.7 Å². The second-order valence-corrected chi connectivity index (χ2v) is 4.71. The first-order valence-corrected chi connectivity index (χ1v) is 6.20. The van der Waals surface area contributed by atoms with Crippen LogP contribution in [0.4, 0.5) is 20.2 Å². The summed E-state index contributed by atoms with van der Waals surface area (Å²) in [6.07, 6.45) is 0. The zero-order valence-corrected chi connectivity index (χ0v) is 11.6. The molecule has 0 amide bonds. The van der Waals surface area contributed by atoms with E-state index in [1.54, 1.807) is 37.1 Å². The van der Waals surface area contributed by atoms with Crippen LogP contribution in [0.1, 0.15) is 22.8 Å². The van der Waals surface area contributed by atoms with E-state index >= 15 is 0 Å². The van der Waals surface area contributed by atoms with Crippen LogP contribution in [0.5, 0.6) is 0 Å². The standard InChI is InChI=1S/C16H15F2NO/c1-10-7-16(14(11(2)20)9-15(10)18)19(3)13-6-4-5-12(17)8-13/h4-9H,1-3H3. The third kappa shape index (κ3) is 2.69. The average Bonchev–Trinajstić information content (AvgIpc) is 2.40. The molecule has 0 aliphatic carbocycles. The Morgan fingerprint density at radius 1 is 1.15 bits per heavy atom. The second-order valence-electron chi connectivity index (χ2n) is 4.71. The minimum atomic E-state index is -0.424. The molecule has 20 heavy (non-hydrogen) atoms. The number of aryl methyl sites for hydroxylation is 1. The molecule has 0 aromatic heterocycles. The maximum absolute atomic E-state index is 13.6. The predicted octanol–water partition coefficient (Wildman–Crippen LogP) is 4.24. The molecule has 2 aromatic carbocycles. The van der Waals surface area contributed by atoms with E-state index in [-0.39, 0.29) is 17.2 Å². The van der Waals surface area contributed by atoms with Crippen molar-refractivity contribution < 1.29 is 13.6 Å². The van der Waals surface area contributed by atoms with Crippen molar-refractivity contribution in [2.24, 2.45) is 0 Å². The van der Waals surface area contributed by atoms with E-state index in [4.69, 9.17) is 0 Å². The zero-order valence-electron chi connectivity index (χ0n) is 11.6. The fourth-order valence-corrected chi connectivity index (χ4v) is 2.05. The molecule has 0 fully saturated rings. The highest BCUT2D eigenvalue weighted by Crippen LogP contribution is 2.30. The Balaban J connectivity index is 2.56. The van der Waals surface area contributed by atoms with Gasteiger partial charge in [-0.1, -0.05) is 6.07 Å². The summed E-state index contributed by atoms with van der Waals surface area (Å²) in [5.74, 6) is -1.02. The molecule has 0 spiro atoms. The molecule has 0 bridgehead atoms. The molecule has 104 valence electrons. The van der Waals surface area contributed by atoms with Gasteiger partial charge in [0.15, 0.2) is 5.78 Å². The van der Waals surface area contributed by atoms with Crippen LogP contribution in [0.3, 0.4) is 0 Å². The van der Waals surface area contributed by atoms with Crippen LogP contribution in [0.2, 0.25) is 0 Å². The monoisotopic (exact) mass is 275 g/mol. The zero-order chi connectivity index (χ0) is 14.9. The summed E-state index contributed by atoms with van der Waals surface area (Å²) in [7, 11) is 1.72. The Bertz CT molecular complexity index is 668. The number of carbonyl (C=O) groups is 1. The van der Waals surface area contributed by atoms with Gasteiger partial charge in [0.05, 0.1) is 5.69 Å². The molecule has 0 aliphatic rings. The number of hydrogen-bond donors (Lipinski definition) is 0. The number of halogens is 2. The number of rotatable bonds is 3. The highest BCUT2D eigenvalue weighted by molar-refractivity contribution is 6.00. The minimum absolute atomic E-state index is 0.234. The summed E-state index contributed by atoms with van der Waals surface area (Å²) in [5, 5.41) is 0. The molecular formula is C16H15F2NO. The maximum atomic E-state index is 13.6. The summed E-state index contributed by atoms with van der Waals surface area (Å²) in [6.45, 7) is 3.01. The third-order valence-corrected chi connectivity index (χ3v) is 3.21. The molecular weight excluding hydrogens is 260 g/mol. The average molecular weight is 275 g/mol. The van der Waals surface area contributed by atoms with Crippen LogP contribution in [0.15, 0.2) is 36.4 Å². The lowest BCUT2D eigenvalue weighted by Gasteiger charge is -2.22. The molecule has 0 aliphatic heterocycles. The van der Waals surface area contributed by atoms with E-state index in [0.29, 0.717) is 16.9 Å². The maximum Gasteiger partial charge on any atom is 0.162 e. The summed E-state index contributed by atoms with van der Waals surface area (Å²) in [5.41, 5.74) is 1.87. The molecule has 4 heteroatoms. The Hall–Kier alpha value is -2.23. The highest BCUT2D eigenvalue weighted by Gasteiger charge is 2.15. The van der Waals surface area contributed by atoms with Gasteiger partial charge in [0.1, 0.15) is 11.6 Å². The van der Waals surface area contributed by atoms with Crippen molar-refractivity contribution in [2.45, 2.75) is 13.8 Å². The molecule has 0 heterocycles. The number of carbonyl (C=O) groups excluding carboxylic acids is 1. The first kappa shape index (κ1) is 14.2. The molecule has 0 atom stereocenters. The molecule has 2 nitrogen and oxygen atoms in total. The number of Topliss-reactive ketones (excluding diaryl/α,β-unsaturated/α-hetero) is 1. The van der Waals surface area contributed by atoms with Crippen LogP contribution in [0, 0.1) is 18.6 Å². The molecule has 0 saturated carbocycles. The van der Waals surface area contributed by atoms with Gasteiger partial charge in [0.2, 0.25) is 0 Å². The van der Waals surface area contributed by atoms with Gasteiger partial charge in [-0.2, -0.15) is 0 Å². The highest BCUT2D eigenvalue weighted by atomic mass is 19.1. The van der Waals surface area contributed by atoms with E-state index in [1.807, 2.05) is 0 Å². The number of hydrogen-bond acceptors (Lipinski definition) is 2. The van der Waals surface area contributed by atoms with Crippen LogP contribution >= 0.6 is 0 Å². The van der Waals surface area contributed by atoms with Gasteiger partial charge < -0.3 is 4.90 Å². The van der Waals surface area contributed by atoms with E-state index < -0.39 is 5.82 Å². The fourth-order valence-electron chi connectivity index (χ4n) is 2.05.